The molecule has 26 heavy (non-hydrogen) atoms. The van der Waals surface area contributed by atoms with E-state index in [0.717, 1.165) is 77.4 Å². The maximum atomic E-state index is 11.2. The molecule has 0 aromatic heterocycles. The van der Waals surface area contributed by atoms with Crippen LogP contribution in [0.4, 0.5) is 0 Å². The van der Waals surface area contributed by atoms with Gasteiger partial charge in [-0.1, -0.05) is 12.8 Å². The van der Waals surface area contributed by atoms with Gasteiger partial charge in [0.05, 0.1) is 6.61 Å². The molecule has 2 N–H and O–H groups in total. The van der Waals surface area contributed by atoms with Crippen LogP contribution >= 0.6 is 0 Å². The van der Waals surface area contributed by atoms with Crippen LogP contribution in [0, 0.1) is 0 Å². The molecule has 0 saturated carbocycles. The van der Waals surface area contributed by atoms with Crippen molar-refractivity contribution in [2.24, 2.45) is 4.99 Å². The van der Waals surface area contributed by atoms with Crippen LogP contribution in [0.3, 0.4) is 0 Å². The van der Waals surface area contributed by atoms with Crippen LogP contribution in [0.25, 0.3) is 0 Å². The van der Waals surface area contributed by atoms with E-state index in [-0.39, 0.29) is 5.97 Å². The highest BCUT2D eigenvalue weighted by molar-refractivity contribution is 5.79. The van der Waals surface area contributed by atoms with Crippen LogP contribution in [0.1, 0.15) is 52.4 Å². The molecule has 7 nitrogen and oxygen atoms in total. The molecule has 0 bridgehead atoms. The van der Waals surface area contributed by atoms with Crippen LogP contribution in [0.5, 0.6) is 0 Å². The molecule has 0 spiro atoms. The van der Waals surface area contributed by atoms with Crippen LogP contribution in [0.15, 0.2) is 4.99 Å². The van der Waals surface area contributed by atoms with E-state index in [1.54, 1.807) is 7.11 Å². The zero-order valence-corrected chi connectivity index (χ0v) is 17.3. The Kier molecular flexibility index (Phi) is 17.5. The molecule has 7 heteroatoms. The summed E-state index contributed by atoms with van der Waals surface area (Å²) >= 11 is 0. The number of methoxy groups -OCH3 is 1. The third-order valence-electron chi connectivity index (χ3n) is 3.88. The Morgan fingerprint density at radius 1 is 1.04 bits per heavy atom. The maximum absolute atomic E-state index is 11.2. The van der Waals surface area contributed by atoms with E-state index in [9.17, 15) is 4.79 Å². The molecule has 0 aliphatic carbocycles. The van der Waals surface area contributed by atoms with Crippen molar-refractivity contribution in [3.8, 4) is 0 Å². The number of likely N-dealkylation sites (N-methyl/N-ethyl adjacent to an activating group) is 1. The van der Waals surface area contributed by atoms with E-state index in [2.05, 4.69) is 34.5 Å². The van der Waals surface area contributed by atoms with Crippen LogP contribution in [-0.4, -0.2) is 76.9 Å². The number of hydrogen-bond acceptors (Lipinski definition) is 5. The summed E-state index contributed by atoms with van der Waals surface area (Å²) in [5.74, 6) is 0.792. The van der Waals surface area contributed by atoms with Gasteiger partial charge in [0.25, 0.3) is 0 Å². The number of rotatable bonds is 16. The lowest BCUT2D eigenvalue weighted by Gasteiger charge is -2.18. The highest BCUT2D eigenvalue weighted by Gasteiger charge is 2.02. The van der Waals surface area contributed by atoms with Gasteiger partial charge in [0.2, 0.25) is 0 Å². The normalized spacial score (nSPS) is 11.7. The van der Waals surface area contributed by atoms with Crippen molar-refractivity contribution in [1.29, 1.82) is 0 Å². The molecule has 0 aromatic rings. The van der Waals surface area contributed by atoms with Crippen molar-refractivity contribution in [1.82, 2.24) is 15.5 Å². The van der Waals surface area contributed by atoms with E-state index in [4.69, 9.17) is 9.47 Å². The first-order chi connectivity index (χ1) is 12.6. The van der Waals surface area contributed by atoms with E-state index < -0.39 is 0 Å². The Bertz CT molecular complexity index is 365. The molecule has 0 heterocycles. The number of hydrogen-bond donors (Lipinski definition) is 2. The fraction of sp³-hybridized carbons (Fsp3) is 0.895. The average molecular weight is 373 g/mol. The van der Waals surface area contributed by atoms with Gasteiger partial charge < -0.3 is 25.0 Å². The van der Waals surface area contributed by atoms with Crippen molar-refractivity contribution in [2.45, 2.75) is 52.4 Å². The van der Waals surface area contributed by atoms with E-state index >= 15 is 0 Å². The number of esters is 1. The highest BCUT2D eigenvalue weighted by atomic mass is 16.5. The molecule has 154 valence electrons. The summed E-state index contributed by atoms with van der Waals surface area (Å²) in [4.78, 5) is 18.1. The lowest BCUT2D eigenvalue weighted by Crippen LogP contribution is -2.41. The number of guanidine groups is 1. The topological polar surface area (TPSA) is 75.2 Å². The molecule has 0 fully saturated rings. The summed E-state index contributed by atoms with van der Waals surface area (Å²) in [5, 5.41) is 6.66. The van der Waals surface area contributed by atoms with Crippen molar-refractivity contribution in [3.05, 3.63) is 0 Å². The minimum absolute atomic E-state index is 0.0867. The third-order valence-corrected chi connectivity index (χ3v) is 3.88. The Labute approximate surface area is 159 Å². The molecule has 0 aromatic carbocycles. The quantitative estimate of drug-likeness (QED) is 0.187. The van der Waals surface area contributed by atoms with E-state index in [1.165, 1.54) is 0 Å². The predicted molar refractivity (Wildman–Crippen MR) is 108 cm³/mol. The molecule has 0 radical (unpaired) electrons. The Morgan fingerprint density at radius 3 is 2.50 bits per heavy atom. The van der Waals surface area contributed by atoms with Gasteiger partial charge in [-0.05, 0) is 40.2 Å². The molecule has 0 rings (SSSR count). The SMILES string of the molecule is CCNC(=NCCCCCCC(=O)OCC)NCCN(C)CCCOC. The number of carbonyl (C=O) groups excluding carboxylic acids is 1. The number of nitrogens with zero attached hydrogens (tertiary/aromatic N) is 2. The maximum Gasteiger partial charge on any atom is 0.305 e. The molecule has 0 amide bonds. The van der Waals surface area contributed by atoms with Crippen LogP contribution in [-0.2, 0) is 14.3 Å². The van der Waals surface area contributed by atoms with E-state index in [0.29, 0.717) is 13.0 Å². The number of ether oxygens (including phenoxy) is 2. The van der Waals surface area contributed by atoms with Gasteiger partial charge in [-0.3, -0.25) is 9.79 Å². The summed E-state index contributed by atoms with van der Waals surface area (Å²) in [6.45, 7) is 9.73. The third kappa shape index (κ3) is 16.1. The summed E-state index contributed by atoms with van der Waals surface area (Å²) in [6, 6.07) is 0. The Morgan fingerprint density at radius 2 is 1.81 bits per heavy atom. The summed E-state index contributed by atoms with van der Waals surface area (Å²) in [6.07, 6.45) is 5.65. The van der Waals surface area contributed by atoms with Crippen molar-refractivity contribution >= 4 is 11.9 Å². The zero-order chi connectivity index (χ0) is 19.5. The summed E-state index contributed by atoms with van der Waals surface area (Å²) in [5.41, 5.74) is 0. The first-order valence-corrected chi connectivity index (χ1v) is 9.99. The second-order valence-corrected chi connectivity index (χ2v) is 6.31. The van der Waals surface area contributed by atoms with Gasteiger partial charge in [-0.25, -0.2) is 0 Å². The lowest BCUT2D eigenvalue weighted by atomic mass is 10.1. The highest BCUT2D eigenvalue weighted by Crippen LogP contribution is 2.04. The predicted octanol–water partition coefficient (Wildman–Crippen LogP) is 2.02. The Hall–Kier alpha value is -1.34. The first kappa shape index (κ1) is 24.7. The minimum Gasteiger partial charge on any atom is -0.466 e. The summed E-state index contributed by atoms with van der Waals surface area (Å²) < 4.78 is 10.00. The second kappa shape index (κ2) is 18.5. The molecule has 0 aliphatic heterocycles. The Balaban J connectivity index is 3.79. The monoisotopic (exact) mass is 372 g/mol. The molecular weight excluding hydrogens is 332 g/mol. The number of aliphatic imine (C=N–C) groups is 1. The lowest BCUT2D eigenvalue weighted by molar-refractivity contribution is -0.143. The fourth-order valence-electron chi connectivity index (χ4n) is 2.46. The second-order valence-electron chi connectivity index (χ2n) is 6.31. The molecule has 0 unspecified atom stereocenters. The van der Waals surface area contributed by atoms with Crippen molar-refractivity contribution < 1.29 is 14.3 Å². The van der Waals surface area contributed by atoms with Crippen LogP contribution in [0.2, 0.25) is 0 Å². The van der Waals surface area contributed by atoms with Crippen molar-refractivity contribution in [3.63, 3.8) is 0 Å². The van der Waals surface area contributed by atoms with Gasteiger partial charge in [0.15, 0.2) is 5.96 Å². The van der Waals surface area contributed by atoms with Crippen molar-refractivity contribution in [2.75, 3.05) is 60.1 Å². The van der Waals surface area contributed by atoms with E-state index in [1.807, 2.05) is 6.92 Å². The fourth-order valence-corrected chi connectivity index (χ4v) is 2.46. The largest absolute Gasteiger partial charge is 0.466 e. The standard InChI is InChI=1S/C19H40N4O3/c1-5-20-19(22-14-16-23(3)15-11-17-25-4)21-13-10-8-7-9-12-18(24)26-6-2/h5-17H2,1-4H3,(H2,20,21,22). The molecule has 0 saturated heterocycles. The number of nitrogens with one attached hydrogen (secondary N) is 2. The van der Waals surface area contributed by atoms with Gasteiger partial charge in [-0.15, -0.1) is 0 Å². The summed E-state index contributed by atoms with van der Waals surface area (Å²) in [7, 11) is 3.86. The minimum atomic E-state index is -0.0867. The zero-order valence-electron chi connectivity index (χ0n) is 17.3. The number of unbranched alkanes of at least 4 members (excludes halogenated alkanes) is 3. The molecule has 0 atom stereocenters. The number of carbonyl (C=O) groups is 1. The van der Waals surface area contributed by atoms with Gasteiger partial charge in [0, 0.05) is 52.9 Å². The van der Waals surface area contributed by atoms with Crippen LogP contribution < -0.4 is 10.6 Å². The smallest absolute Gasteiger partial charge is 0.305 e. The average Bonchev–Trinajstić information content (AvgIpc) is 2.61. The molecule has 0 aliphatic rings. The van der Waals surface area contributed by atoms with Gasteiger partial charge >= 0.3 is 5.97 Å². The van der Waals surface area contributed by atoms with Gasteiger partial charge in [-0.2, -0.15) is 0 Å². The first-order valence-electron chi connectivity index (χ1n) is 9.99. The molecular formula is C19H40N4O3. The van der Waals surface area contributed by atoms with Gasteiger partial charge in [0.1, 0.15) is 0 Å².